The number of ether oxygens (including phenoxy) is 1. The summed E-state index contributed by atoms with van der Waals surface area (Å²) >= 11 is 0. The Hall–Kier alpha value is -1.06. The van der Waals surface area contributed by atoms with Crippen LogP contribution in [-0.2, 0) is 6.42 Å². The van der Waals surface area contributed by atoms with Gasteiger partial charge < -0.3 is 15.0 Å². The zero-order valence-electron chi connectivity index (χ0n) is 12.3. The maximum atomic E-state index is 5.43. The molecule has 0 saturated carbocycles. The number of hydrogen-bond acceptors (Lipinski definition) is 3. The number of nitrogens with one attached hydrogen (secondary N) is 1. The van der Waals surface area contributed by atoms with Gasteiger partial charge in [-0.2, -0.15) is 0 Å². The average Bonchev–Trinajstić information content (AvgIpc) is 2.34. The molecular weight excluding hydrogens is 224 g/mol. The highest BCUT2D eigenvalue weighted by molar-refractivity contribution is 5.37. The van der Waals surface area contributed by atoms with E-state index in [1.165, 1.54) is 11.1 Å². The molecule has 1 aromatic carbocycles. The number of nitrogens with zero attached hydrogens (tertiary/aromatic N) is 1. The number of benzene rings is 1. The molecule has 0 fully saturated rings. The number of methoxy groups -OCH3 is 1. The second-order valence-corrected chi connectivity index (χ2v) is 5.10. The maximum absolute atomic E-state index is 5.43. The van der Waals surface area contributed by atoms with E-state index < -0.39 is 0 Å². The Kier molecular flexibility index (Phi) is 6.16. The van der Waals surface area contributed by atoms with Crippen molar-refractivity contribution in [2.45, 2.75) is 25.8 Å². The molecule has 0 amide bonds. The summed E-state index contributed by atoms with van der Waals surface area (Å²) in [6, 6.07) is 6.86. The molecule has 102 valence electrons. The molecule has 1 unspecified atom stereocenters. The first kappa shape index (κ1) is 15.0. The van der Waals surface area contributed by atoms with E-state index in [1.807, 2.05) is 7.05 Å². The summed E-state index contributed by atoms with van der Waals surface area (Å²) in [4.78, 5) is 2.22. The van der Waals surface area contributed by atoms with Crippen molar-refractivity contribution in [3.05, 3.63) is 29.3 Å². The van der Waals surface area contributed by atoms with Crippen LogP contribution in [0.3, 0.4) is 0 Å². The monoisotopic (exact) mass is 250 g/mol. The van der Waals surface area contributed by atoms with Crippen molar-refractivity contribution in [1.29, 1.82) is 0 Å². The first-order valence-electron chi connectivity index (χ1n) is 6.52. The van der Waals surface area contributed by atoms with E-state index in [9.17, 15) is 0 Å². The van der Waals surface area contributed by atoms with Gasteiger partial charge in [0, 0.05) is 6.04 Å². The smallest absolute Gasteiger partial charge is 0.122 e. The first-order valence-corrected chi connectivity index (χ1v) is 6.52. The normalized spacial score (nSPS) is 12.8. The van der Waals surface area contributed by atoms with Gasteiger partial charge in [-0.3, -0.25) is 0 Å². The minimum atomic E-state index is 0.489. The standard InChI is InChI=1S/C15H26N2O/c1-12-6-7-15(18-5)13(10-12)11-14(16-2)8-9-17(3)4/h6-7,10,14,16H,8-9,11H2,1-5H3. The van der Waals surface area contributed by atoms with Gasteiger partial charge in [-0.15, -0.1) is 0 Å². The van der Waals surface area contributed by atoms with Gasteiger partial charge in [0.25, 0.3) is 0 Å². The zero-order chi connectivity index (χ0) is 13.5. The average molecular weight is 250 g/mol. The van der Waals surface area contributed by atoms with Crippen molar-refractivity contribution in [3.63, 3.8) is 0 Å². The Morgan fingerprint density at radius 1 is 1.33 bits per heavy atom. The topological polar surface area (TPSA) is 24.5 Å². The number of hydrogen-bond donors (Lipinski definition) is 1. The largest absolute Gasteiger partial charge is 0.496 e. The molecule has 0 aliphatic rings. The summed E-state index contributed by atoms with van der Waals surface area (Å²) < 4.78 is 5.43. The Morgan fingerprint density at radius 2 is 2.06 bits per heavy atom. The molecule has 0 bridgehead atoms. The van der Waals surface area contributed by atoms with E-state index in [4.69, 9.17) is 4.74 Å². The lowest BCUT2D eigenvalue weighted by molar-refractivity contribution is 0.360. The SMILES string of the molecule is CNC(CCN(C)C)Cc1cc(C)ccc1OC. The fraction of sp³-hybridized carbons (Fsp3) is 0.600. The zero-order valence-corrected chi connectivity index (χ0v) is 12.3. The lowest BCUT2D eigenvalue weighted by Gasteiger charge is -2.20. The van der Waals surface area contributed by atoms with Gasteiger partial charge in [-0.05, 0) is 59.1 Å². The predicted octanol–water partition coefficient (Wildman–Crippen LogP) is 2.09. The van der Waals surface area contributed by atoms with Crippen LogP contribution in [0.4, 0.5) is 0 Å². The lowest BCUT2D eigenvalue weighted by atomic mass is 10.0. The van der Waals surface area contributed by atoms with Crippen molar-refractivity contribution < 1.29 is 4.74 Å². The molecule has 0 aliphatic heterocycles. The summed E-state index contributed by atoms with van der Waals surface area (Å²) in [6.45, 7) is 3.22. The molecule has 0 aliphatic carbocycles. The predicted molar refractivity (Wildman–Crippen MR) is 77.5 cm³/mol. The summed E-state index contributed by atoms with van der Waals surface area (Å²) in [7, 11) is 7.99. The minimum Gasteiger partial charge on any atom is -0.496 e. The molecule has 0 saturated heterocycles. The Bertz CT molecular complexity index is 364. The van der Waals surface area contributed by atoms with Gasteiger partial charge in [0.1, 0.15) is 5.75 Å². The summed E-state index contributed by atoms with van der Waals surface area (Å²) in [6.07, 6.45) is 2.15. The maximum Gasteiger partial charge on any atom is 0.122 e. The molecule has 1 atom stereocenters. The molecule has 0 heterocycles. The van der Waals surface area contributed by atoms with E-state index in [0.717, 1.165) is 25.1 Å². The van der Waals surface area contributed by atoms with Crippen molar-refractivity contribution in [2.75, 3.05) is 34.8 Å². The van der Waals surface area contributed by atoms with Crippen molar-refractivity contribution in [1.82, 2.24) is 10.2 Å². The highest BCUT2D eigenvalue weighted by Crippen LogP contribution is 2.21. The van der Waals surface area contributed by atoms with Crippen molar-refractivity contribution >= 4 is 0 Å². The Labute approximate surface area is 111 Å². The fourth-order valence-corrected chi connectivity index (χ4v) is 2.09. The number of rotatable bonds is 7. The van der Waals surface area contributed by atoms with Gasteiger partial charge in [0.15, 0.2) is 0 Å². The quantitative estimate of drug-likeness (QED) is 0.802. The molecule has 0 radical (unpaired) electrons. The van der Waals surface area contributed by atoms with E-state index in [0.29, 0.717) is 6.04 Å². The third-order valence-corrected chi connectivity index (χ3v) is 3.24. The molecule has 1 N–H and O–H groups in total. The van der Waals surface area contributed by atoms with E-state index >= 15 is 0 Å². The van der Waals surface area contributed by atoms with Crippen molar-refractivity contribution in [2.24, 2.45) is 0 Å². The van der Waals surface area contributed by atoms with Gasteiger partial charge in [-0.1, -0.05) is 17.7 Å². The van der Waals surface area contributed by atoms with Crippen LogP contribution in [0.15, 0.2) is 18.2 Å². The third kappa shape index (κ3) is 4.67. The van der Waals surface area contributed by atoms with Crippen LogP contribution in [0, 0.1) is 6.92 Å². The van der Waals surface area contributed by atoms with Crippen LogP contribution in [0.1, 0.15) is 17.5 Å². The van der Waals surface area contributed by atoms with Crippen LogP contribution in [0.5, 0.6) is 5.75 Å². The molecule has 0 aromatic heterocycles. The molecule has 18 heavy (non-hydrogen) atoms. The van der Waals surface area contributed by atoms with Crippen LogP contribution >= 0.6 is 0 Å². The van der Waals surface area contributed by atoms with E-state index in [-0.39, 0.29) is 0 Å². The lowest BCUT2D eigenvalue weighted by Crippen LogP contribution is -2.31. The summed E-state index contributed by atoms with van der Waals surface area (Å²) in [5, 5.41) is 3.39. The molecule has 1 rings (SSSR count). The number of likely N-dealkylation sites (N-methyl/N-ethyl adjacent to an activating group) is 1. The highest BCUT2D eigenvalue weighted by atomic mass is 16.5. The highest BCUT2D eigenvalue weighted by Gasteiger charge is 2.11. The minimum absolute atomic E-state index is 0.489. The summed E-state index contributed by atoms with van der Waals surface area (Å²) in [5.41, 5.74) is 2.57. The molecule has 1 aromatic rings. The van der Waals surface area contributed by atoms with Crippen molar-refractivity contribution in [3.8, 4) is 5.75 Å². The third-order valence-electron chi connectivity index (χ3n) is 3.24. The van der Waals surface area contributed by atoms with Crippen LogP contribution < -0.4 is 10.1 Å². The van der Waals surface area contributed by atoms with Crippen LogP contribution in [-0.4, -0.2) is 45.7 Å². The second-order valence-electron chi connectivity index (χ2n) is 5.10. The van der Waals surface area contributed by atoms with Gasteiger partial charge >= 0.3 is 0 Å². The van der Waals surface area contributed by atoms with Crippen LogP contribution in [0.25, 0.3) is 0 Å². The molecule has 0 spiro atoms. The van der Waals surface area contributed by atoms with Gasteiger partial charge in [0.05, 0.1) is 7.11 Å². The summed E-state index contributed by atoms with van der Waals surface area (Å²) in [5.74, 6) is 0.991. The Balaban J connectivity index is 2.71. The van der Waals surface area contributed by atoms with Gasteiger partial charge in [-0.25, -0.2) is 0 Å². The van der Waals surface area contributed by atoms with E-state index in [2.05, 4.69) is 49.4 Å². The van der Waals surface area contributed by atoms with Crippen LogP contribution in [0.2, 0.25) is 0 Å². The molecule has 3 nitrogen and oxygen atoms in total. The Morgan fingerprint density at radius 3 is 2.61 bits per heavy atom. The number of aryl methyl sites for hydroxylation is 1. The second kappa shape index (κ2) is 7.39. The molecule has 3 heteroatoms. The molecular formula is C15H26N2O. The first-order chi connectivity index (χ1) is 8.56. The van der Waals surface area contributed by atoms with E-state index in [1.54, 1.807) is 7.11 Å². The fourth-order valence-electron chi connectivity index (χ4n) is 2.09. The van der Waals surface area contributed by atoms with Gasteiger partial charge in [0.2, 0.25) is 0 Å².